The average molecular weight is 372 g/mol. The van der Waals surface area contributed by atoms with Gasteiger partial charge in [0.1, 0.15) is 0 Å². The van der Waals surface area contributed by atoms with Crippen LogP contribution in [0.15, 0.2) is 56.7 Å². The number of halogens is 4. The van der Waals surface area contributed by atoms with Crippen molar-refractivity contribution in [2.45, 2.75) is 22.4 Å². The summed E-state index contributed by atoms with van der Waals surface area (Å²) in [5.41, 5.74) is 0.201. The fraction of sp³-hybridized carbons (Fsp3) is 0.133. The zero-order chi connectivity index (χ0) is 15.5. The highest BCUT2D eigenvalue weighted by atomic mass is 79.9. The summed E-state index contributed by atoms with van der Waals surface area (Å²) in [5, 5.41) is 8.59. The first kappa shape index (κ1) is 15.9. The molecule has 0 saturated carbocycles. The van der Waals surface area contributed by atoms with E-state index in [1.165, 1.54) is 11.8 Å². The fourth-order valence-corrected chi connectivity index (χ4v) is 3.25. The molecular weight excluding hydrogens is 363 g/mol. The molecule has 6 heteroatoms. The Bertz CT molecular complexity index is 675. The van der Waals surface area contributed by atoms with Crippen molar-refractivity contribution in [1.82, 2.24) is 0 Å². The minimum absolute atomic E-state index is 0.319. The molecule has 0 aliphatic heterocycles. The fourth-order valence-electron chi connectivity index (χ4n) is 1.69. The largest absolute Gasteiger partial charge is 0.416 e. The van der Waals surface area contributed by atoms with Crippen molar-refractivity contribution >= 4 is 27.7 Å². The van der Waals surface area contributed by atoms with E-state index >= 15 is 0 Å². The summed E-state index contributed by atoms with van der Waals surface area (Å²) in [6, 6.07) is 13.1. The first-order valence-electron chi connectivity index (χ1n) is 5.90. The van der Waals surface area contributed by atoms with Crippen molar-refractivity contribution < 1.29 is 13.2 Å². The van der Waals surface area contributed by atoms with E-state index in [4.69, 9.17) is 5.26 Å². The lowest BCUT2D eigenvalue weighted by Gasteiger charge is -2.10. The molecule has 0 aliphatic rings. The molecule has 0 aliphatic carbocycles. The summed E-state index contributed by atoms with van der Waals surface area (Å²) < 4.78 is 38.7. The molecule has 0 atom stereocenters. The van der Waals surface area contributed by atoms with Crippen LogP contribution in [0.3, 0.4) is 0 Å². The summed E-state index contributed by atoms with van der Waals surface area (Å²) in [5.74, 6) is 0. The molecule has 21 heavy (non-hydrogen) atoms. The Hall–Kier alpha value is -1.45. The van der Waals surface area contributed by atoms with Crippen molar-refractivity contribution in [2.24, 2.45) is 0 Å². The predicted octanol–water partition coefficient (Wildman–Crippen LogP) is 5.69. The van der Waals surface area contributed by atoms with Crippen LogP contribution in [0.5, 0.6) is 0 Å². The van der Waals surface area contributed by atoms with Crippen LogP contribution in [-0.2, 0) is 12.6 Å². The Morgan fingerprint density at radius 1 is 1.05 bits per heavy atom. The molecular formula is C15H9BrF3NS. The van der Waals surface area contributed by atoms with E-state index in [2.05, 4.69) is 15.9 Å². The van der Waals surface area contributed by atoms with Crippen LogP contribution in [0, 0.1) is 11.3 Å². The van der Waals surface area contributed by atoms with Crippen LogP contribution in [0.1, 0.15) is 11.1 Å². The summed E-state index contributed by atoms with van der Waals surface area (Å²) in [4.78, 5) is 1.33. The van der Waals surface area contributed by atoms with Crippen LogP contribution >= 0.6 is 27.7 Å². The molecule has 0 saturated heterocycles. The van der Waals surface area contributed by atoms with Crippen LogP contribution in [0.2, 0.25) is 0 Å². The molecule has 108 valence electrons. The maximum atomic E-state index is 12.8. The highest BCUT2D eigenvalue weighted by Gasteiger charge is 2.31. The molecule has 0 bridgehead atoms. The van der Waals surface area contributed by atoms with E-state index < -0.39 is 11.7 Å². The van der Waals surface area contributed by atoms with Gasteiger partial charge in [-0.1, -0.05) is 39.8 Å². The first-order valence-corrected chi connectivity index (χ1v) is 7.51. The van der Waals surface area contributed by atoms with E-state index in [0.717, 1.165) is 22.6 Å². The maximum Gasteiger partial charge on any atom is 0.416 e. The topological polar surface area (TPSA) is 23.8 Å². The van der Waals surface area contributed by atoms with Gasteiger partial charge in [0, 0.05) is 14.3 Å². The summed E-state index contributed by atoms with van der Waals surface area (Å²) in [7, 11) is 0. The summed E-state index contributed by atoms with van der Waals surface area (Å²) in [6.45, 7) is 0. The molecule has 0 unspecified atom stereocenters. The molecule has 2 rings (SSSR count). The third kappa shape index (κ3) is 4.51. The van der Waals surface area contributed by atoms with Crippen molar-refractivity contribution in [2.75, 3.05) is 0 Å². The van der Waals surface area contributed by atoms with E-state index in [9.17, 15) is 13.2 Å². The van der Waals surface area contributed by atoms with Gasteiger partial charge in [0.25, 0.3) is 0 Å². The lowest BCUT2D eigenvalue weighted by molar-refractivity contribution is -0.137. The van der Waals surface area contributed by atoms with Crippen molar-refractivity contribution in [1.29, 1.82) is 5.26 Å². The molecule has 0 spiro atoms. The first-order chi connectivity index (χ1) is 9.88. The number of nitriles is 1. The number of nitrogens with zero attached hydrogens (tertiary/aromatic N) is 1. The van der Waals surface area contributed by atoms with Crippen LogP contribution < -0.4 is 0 Å². The molecule has 2 aromatic rings. The van der Waals surface area contributed by atoms with Gasteiger partial charge in [0.2, 0.25) is 0 Å². The minimum atomic E-state index is -4.37. The van der Waals surface area contributed by atoms with Crippen LogP contribution in [0.4, 0.5) is 13.2 Å². The average Bonchev–Trinajstić information content (AvgIpc) is 2.40. The third-order valence-corrected chi connectivity index (χ3v) is 4.08. The van der Waals surface area contributed by atoms with Crippen LogP contribution in [0.25, 0.3) is 0 Å². The minimum Gasteiger partial charge on any atom is -0.198 e. The molecule has 0 N–H and O–H groups in total. The Balaban J connectivity index is 2.23. The Kier molecular flexibility index (Phi) is 4.96. The van der Waals surface area contributed by atoms with E-state index in [-0.39, 0.29) is 0 Å². The second kappa shape index (κ2) is 6.54. The Labute approximate surface area is 132 Å². The summed E-state index contributed by atoms with van der Waals surface area (Å²) in [6.07, 6.45) is -4.05. The smallest absolute Gasteiger partial charge is 0.198 e. The van der Waals surface area contributed by atoms with Gasteiger partial charge in [0.15, 0.2) is 0 Å². The van der Waals surface area contributed by atoms with Gasteiger partial charge in [-0.25, -0.2) is 0 Å². The van der Waals surface area contributed by atoms with Gasteiger partial charge in [-0.15, -0.1) is 0 Å². The SMILES string of the molecule is N#CCc1ccc(Sc2cc(Br)cc(C(F)(F)F)c2)cc1. The van der Waals surface area contributed by atoms with Gasteiger partial charge in [-0.05, 0) is 35.9 Å². The molecule has 0 heterocycles. The normalized spacial score (nSPS) is 11.2. The van der Waals surface area contributed by atoms with Crippen molar-refractivity contribution in [3.05, 3.63) is 58.1 Å². The lowest BCUT2D eigenvalue weighted by atomic mass is 10.2. The van der Waals surface area contributed by atoms with Gasteiger partial charge in [-0.3, -0.25) is 0 Å². The summed E-state index contributed by atoms with van der Waals surface area (Å²) >= 11 is 4.35. The second-order valence-corrected chi connectivity index (χ2v) is 6.32. The molecule has 1 nitrogen and oxygen atoms in total. The van der Waals surface area contributed by atoms with E-state index in [1.54, 1.807) is 30.3 Å². The third-order valence-electron chi connectivity index (χ3n) is 2.64. The maximum absolute atomic E-state index is 12.8. The van der Waals surface area contributed by atoms with E-state index in [0.29, 0.717) is 15.8 Å². The number of hydrogen-bond donors (Lipinski definition) is 0. The zero-order valence-electron chi connectivity index (χ0n) is 10.6. The van der Waals surface area contributed by atoms with E-state index in [1.807, 2.05) is 6.07 Å². The molecule has 0 fully saturated rings. The standard InChI is InChI=1S/C15H9BrF3NS/c16-12-7-11(15(17,18)19)8-14(9-12)21-13-3-1-10(2-4-13)5-6-20/h1-4,7-9H,5H2. The number of hydrogen-bond acceptors (Lipinski definition) is 2. The Morgan fingerprint density at radius 3 is 2.29 bits per heavy atom. The molecule has 0 amide bonds. The van der Waals surface area contributed by atoms with Crippen molar-refractivity contribution in [3.8, 4) is 6.07 Å². The van der Waals surface area contributed by atoms with Crippen LogP contribution in [-0.4, -0.2) is 0 Å². The zero-order valence-corrected chi connectivity index (χ0v) is 13.0. The monoisotopic (exact) mass is 371 g/mol. The highest BCUT2D eigenvalue weighted by Crippen LogP contribution is 2.36. The molecule has 0 aromatic heterocycles. The predicted molar refractivity (Wildman–Crippen MR) is 79.0 cm³/mol. The quantitative estimate of drug-likeness (QED) is 0.692. The van der Waals surface area contributed by atoms with Gasteiger partial charge in [0.05, 0.1) is 18.1 Å². The van der Waals surface area contributed by atoms with Gasteiger partial charge in [-0.2, -0.15) is 18.4 Å². The van der Waals surface area contributed by atoms with Crippen molar-refractivity contribution in [3.63, 3.8) is 0 Å². The lowest BCUT2D eigenvalue weighted by Crippen LogP contribution is -2.04. The number of benzene rings is 2. The van der Waals surface area contributed by atoms with Gasteiger partial charge < -0.3 is 0 Å². The number of alkyl halides is 3. The molecule has 0 radical (unpaired) electrons. The Morgan fingerprint density at radius 2 is 1.71 bits per heavy atom. The second-order valence-electron chi connectivity index (χ2n) is 4.25. The highest BCUT2D eigenvalue weighted by molar-refractivity contribution is 9.10. The number of rotatable bonds is 3. The molecule has 2 aromatic carbocycles. The van der Waals surface area contributed by atoms with Gasteiger partial charge >= 0.3 is 6.18 Å².